The minimum atomic E-state index is -0.663. The van der Waals surface area contributed by atoms with Crippen LogP contribution in [0.3, 0.4) is 0 Å². The fourth-order valence-electron chi connectivity index (χ4n) is 2.89. The summed E-state index contributed by atoms with van der Waals surface area (Å²) in [5.74, 6) is -0.663. The van der Waals surface area contributed by atoms with Crippen LogP contribution in [0, 0.1) is 0 Å². The largest absolute Gasteiger partial charge is 0.480 e. The van der Waals surface area contributed by atoms with Crippen LogP contribution >= 0.6 is 0 Å². The first-order chi connectivity index (χ1) is 7.22. The highest BCUT2D eigenvalue weighted by Gasteiger charge is 2.34. The normalized spacial score (nSPS) is 30.1. The summed E-state index contributed by atoms with van der Waals surface area (Å²) in [5.41, 5.74) is 0. The number of hydrogen-bond donors (Lipinski definition) is 1. The molecule has 0 bridgehead atoms. The molecule has 0 aromatic rings. The Hall–Kier alpha value is -0.610. The first-order valence-electron chi connectivity index (χ1n) is 5.93. The predicted octanol–water partition coefficient (Wildman–Crippen LogP) is 0.630. The van der Waals surface area contributed by atoms with Crippen molar-refractivity contribution < 1.29 is 9.90 Å². The van der Waals surface area contributed by atoms with Gasteiger partial charge in [-0.15, -0.1) is 0 Å². The number of hydrogen-bond acceptors (Lipinski definition) is 3. The second kappa shape index (κ2) is 4.49. The van der Waals surface area contributed by atoms with E-state index in [4.69, 9.17) is 5.11 Å². The summed E-state index contributed by atoms with van der Waals surface area (Å²) in [7, 11) is 0. The highest BCUT2D eigenvalue weighted by molar-refractivity contribution is 5.73. The van der Waals surface area contributed by atoms with Crippen LogP contribution in [0.1, 0.15) is 26.2 Å². The van der Waals surface area contributed by atoms with Crippen LogP contribution in [0.25, 0.3) is 0 Å². The van der Waals surface area contributed by atoms with Gasteiger partial charge in [0.2, 0.25) is 0 Å². The van der Waals surface area contributed by atoms with Crippen molar-refractivity contribution in [1.82, 2.24) is 9.80 Å². The number of carboxylic acid groups (broad SMARTS) is 1. The Morgan fingerprint density at radius 3 is 2.93 bits per heavy atom. The topological polar surface area (TPSA) is 43.8 Å². The van der Waals surface area contributed by atoms with Crippen LogP contribution in [0.2, 0.25) is 0 Å². The maximum Gasteiger partial charge on any atom is 0.320 e. The van der Waals surface area contributed by atoms with Crippen LogP contribution in [0.4, 0.5) is 0 Å². The van der Waals surface area contributed by atoms with E-state index >= 15 is 0 Å². The minimum Gasteiger partial charge on any atom is -0.480 e. The summed E-state index contributed by atoms with van der Waals surface area (Å²) in [6.45, 7) is 6.09. The third-order valence-electron chi connectivity index (χ3n) is 3.73. The van der Waals surface area contributed by atoms with Crippen molar-refractivity contribution in [2.24, 2.45) is 0 Å². The number of nitrogens with zero attached hydrogens (tertiary/aromatic N) is 2. The Morgan fingerprint density at radius 2 is 2.27 bits per heavy atom. The molecule has 4 heteroatoms. The van der Waals surface area contributed by atoms with E-state index in [1.54, 1.807) is 0 Å². The van der Waals surface area contributed by atoms with E-state index in [0.717, 1.165) is 19.6 Å². The number of carbonyl (C=O) groups is 1. The van der Waals surface area contributed by atoms with Crippen LogP contribution in [0.15, 0.2) is 0 Å². The van der Waals surface area contributed by atoms with Crippen molar-refractivity contribution in [3.8, 4) is 0 Å². The summed E-state index contributed by atoms with van der Waals surface area (Å²) in [6, 6.07) is 0.347. The van der Waals surface area contributed by atoms with Gasteiger partial charge in [0.25, 0.3) is 0 Å². The third-order valence-corrected chi connectivity index (χ3v) is 3.73. The molecule has 2 fully saturated rings. The lowest BCUT2D eigenvalue weighted by Gasteiger charge is -2.39. The first-order valence-corrected chi connectivity index (χ1v) is 5.93. The van der Waals surface area contributed by atoms with Gasteiger partial charge < -0.3 is 5.11 Å². The Kier molecular flexibility index (Phi) is 3.26. The molecule has 86 valence electrons. The van der Waals surface area contributed by atoms with Gasteiger partial charge in [-0.25, -0.2) is 0 Å². The molecule has 1 N–H and O–H groups in total. The van der Waals surface area contributed by atoms with E-state index in [2.05, 4.69) is 9.80 Å². The van der Waals surface area contributed by atoms with E-state index in [-0.39, 0.29) is 6.04 Å². The molecule has 2 saturated heterocycles. The highest BCUT2D eigenvalue weighted by atomic mass is 16.4. The van der Waals surface area contributed by atoms with Crippen molar-refractivity contribution in [1.29, 1.82) is 0 Å². The van der Waals surface area contributed by atoms with Crippen molar-refractivity contribution in [2.45, 2.75) is 38.3 Å². The Morgan fingerprint density at radius 1 is 1.47 bits per heavy atom. The van der Waals surface area contributed by atoms with Gasteiger partial charge in [0.1, 0.15) is 6.04 Å². The molecular formula is C11H20N2O2. The maximum absolute atomic E-state index is 11.1. The zero-order valence-corrected chi connectivity index (χ0v) is 9.35. The Balaban J connectivity index is 1.96. The summed E-state index contributed by atoms with van der Waals surface area (Å²) in [5, 5.41) is 9.11. The first kappa shape index (κ1) is 10.9. The molecule has 4 nitrogen and oxygen atoms in total. The summed E-state index contributed by atoms with van der Waals surface area (Å²) in [6.07, 6.45) is 3.23. The van der Waals surface area contributed by atoms with E-state index in [0.29, 0.717) is 12.5 Å². The van der Waals surface area contributed by atoms with Crippen molar-refractivity contribution in [2.75, 3.05) is 26.2 Å². The standard InChI is InChI=1S/C11H20N2O2/c1-2-10(11(14)15)13-7-6-12-5-3-4-9(12)8-13/h9-10H,2-8H2,1H3,(H,14,15). The van der Waals surface area contributed by atoms with E-state index < -0.39 is 5.97 Å². The third kappa shape index (κ3) is 2.16. The van der Waals surface area contributed by atoms with E-state index in [9.17, 15) is 4.79 Å². The average molecular weight is 212 g/mol. The molecule has 0 saturated carbocycles. The molecule has 0 aliphatic carbocycles. The summed E-state index contributed by atoms with van der Waals surface area (Å²) < 4.78 is 0. The van der Waals surface area contributed by atoms with Crippen molar-refractivity contribution in [3.05, 3.63) is 0 Å². The molecule has 2 unspecified atom stereocenters. The molecule has 2 heterocycles. The lowest BCUT2D eigenvalue weighted by atomic mass is 10.1. The molecule has 2 aliphatic heterocycles. The minimum absolute atomic E-state index is 0.271. The van der Waals surface area contributed by atoms with Gasteiger partial charge in [-0.05, 0) is 25.8 Å². The zero-order valence-electron chi connectivity index (χ0n) is 9.35. The monoisotopic (exact) mass is 212 g/mol. The molecule has 2 rings (SSSR count). The molecule has 2 aliphatic rings. The molecule has 15 heavy (non-hydrogen) atoms. The number of carboxylic acids is 1. The molecule has 0 radical (unpaired) electrons. The molecule has 0 spiro atoms. The number of fused-ring (bicyclic) bond motifs is 1. The van der Waals surface area contributed by atoms with Gasteiger partial charge in [-0.3, -0.25) is 14.6 Å². The van der Waals surface area contributed by atoms with Gasteiger partial charge in [-0.1, -0.05) is 6.92 Å². The van der Waals surface area contributed by atoms with Crippen LogP contribution in [-0.4, -0.2) is 59.1 Å². The molecule has 2 atom stereocenters. The fourth-order valence-corrected chi connectivity index (χ4v) is 2.89. The SMILES string of the molecule is CCC(C(=O)O)N1CCN2CCCC2C1. The lowest BCUT2D eigenvalue weighted by Crippen LogP contribution is -2.55. The lowest BCUT2D eigenvalue weighted by molar-refractivity contribution is -0.144. The van der Waals surface area contributed by atoms with E-state index in [1.165, 1.54) is 19.4 Å². The summed E-state index contributed by atoms with van der Waals surface area (Å²) >= 11 is 0. The number of rotatable bonds is 3. The average Bonchev–Trinajstić information content (AvgIpc) is 2.65. The van der Waals surface area contributed by atoms with E-state index in [1.807, 2.05) is 6.92 Å². The second-order valence-electron chi connectivity index (χ2n) is 4.59. The van der Waals surface area contributed by atoms with Crippen molar-refractivity contribution in [3.63, 3.8) is 0 Å². The van der Waals surface area contributed by atoms with Gasteiger partial charge in [0.15, 0.2) is 0 Å². The maximum atomic E-state index is 11.1. The van der Waals surface area contributed by atoms with Gasteiger partial charge in [0.05, 0.1) is 0 Å². The Bertz CT molecular complexity index is 245. The molecule has 0 aromatic heterocycles. The van der Waals surface area contributed by atoms with Gasteiger partial charge >= 0.3 is 5.97 Å². The molecule has 0 aromatic carbocycles. The number of aliphatic carboxylic acids is 1. The number of piperazine rings is 1. The van der Waals surface area contributed by atoms with Crippen LogP contribution in [-0.2, 0) is 4.79 Å². The molecular weight excluding hydrogens is 192 g/mol. The summed E-state index contributed by atoms with van der Waals surface area (Å²) in [4.78, 5) is 15.7. The van der Waals surface area contributed by atoms with Gasteiger partial charge in [-0.2, -0.15) is 0 Å². The smallest absolute Gasteiger partial charge is 0.320 e. The van der Waals surface area contributed by atoms with Crippen molar-refractivity contribution >= 4 is 5.97 Å². The predicted molar refractivity (Wildman–Crippen MR) is 57.9 cm³/mol. The highest BCUT2D eigenvalue weighted by Crippen LogP contribution is 2.23. The Labute approximate surface area is 90.9 Å². The molecule has 0 amide bonds. The van der Waals surface area contributed by atoms with Gasteiger partial charge in [0, 0.05) is 25.7 Å². The van der Waals surface area contributed by atoms with Crippen LogP contribution < -0.4 is 0 Å². The quantitative estimate of drug-likeness (QED) is 0.745. The second-order valence-corrected chi connectivity index (χ2v) is 4.59. The van der Waals surface area contributed by atoms with Crippen LogP contribution in [0.5, 0.6) is 0 Å². The fraction of sp³-hybridized carbons (Fsp3) is 0.909. The zero-order chi connectivity index (χ0) is 10.8.